The first-order valence-electron chi connectivity index (χ1n) is 7.13. The molecule has 0 aliphatic rings. The maximum atomic E-state index is 11.5. The third-order valence-electron chi connectivity index (χ3n) is 3.36. The molecule has 7 nitrogen and oxygen atoms in total. The van der Waals surface area contributed by atoms with Crippen molar-refractivity contribution < 1.29 is 14.6 Å². The number of ether oxygens (including phenoxy) is 1. The van der Waals surface area contributed by atoms with Gasteiger partial charge in [-0.25, -0.2) is 9.48 Å². The Hall–Kier alpha value is -2.44. The van der Waals surface area contributed by atoms with Gasteiger partial charge in [0.2, 0.25) is 0 Å². The SMILES string of the molecule is COc1ccc(Cc2nnnn2C(CC(C)C)C(=O)O)cc1. The van der Waals surface area contributed by atoms with Crippen molar-refractivity contribution in [3.8, 4) is 5.75 Å². The predicted molar refractivity (Wildman–Crippen MR) is 79.7 cm³/mol. The van der Waals surface area contributed by atoms with Gasteiger partial charge in [-0.2, -0.15) is 0 Å². The van der Waals surface area contributed by atoms with Crippen LogP contribution in [-0.2, 0) is 11.2 Å². The second-order valence-electron chi connectivity index (χ2n) is 5.55. The van der Waals surface area contributed by atoms with Gasteiger partial charge in [0.25, 0.3) is 0 Å². The summed E-state index contributed by atoms with van der Waals surface area (Å²) >= 11 is 0. The van der Waals surface area contributed by atoms with Crippen molar-refractivity contribution in [1.29, 1.82) is 0 Å². The molecule has 0 aliphatic carbocycles. The van der Waals surface area contributed by atoms with Gasteiger partial charge in [0, 0.05) is 6.42 Å². The zero-order valence-corrected chi connectivity index (χ0v) is 12.9. The van der Waals surface area contributed by atoms with Crippen LogP contribution in [0.5, 0.6) is 5.75 Å². The van der Waals surface area contributed by atoms with Gasteiger partial charge >= 0.3 is 5.97 Å². The maximum Gasteiger partial charge on any atom is 0.328 e. The molecule has 1 aromatic carbocycles. The van der Waals surface area contributed by atoms with Crippen LogP contribution in [0.4, 0.5) is 0 Å². The molecular weight excluding hydrogens is 284 g/mol. The number of nitrogens with zero attached hydrogens (tertiary/aromatic N) is 4. The van der Waals surface area contributed by atoms with Crippen LogP contribution in [0.15, 0.2) is 24.3 Å². The lowest BCUT2D eigenvalue weighted by Gasteiger charge is -2.16. The molecule has 7 heteroatoms. The average molecular weight is 304 g/mol. The number of carbonyl (C=O) groups is 1. The van der Waals surface area contributed by atoms with E-state index in [9.17, 15) is 9.90 Å². The molecule has 0 saturated heterocycles. The minimum atomic E-state index is -0.919. The largest absolute Gasteiger partial charge is 0.497 e. The first-order valence-corrected chi connectivity index (χ1v) is 7.13. The first kappa shape index (κ1) is 15.9. The highest BCUT2D eigenvalue weighted by molar-refractivity contribution is 5.71. The Kier molecular flexibility index (Phi) is 5.08. The summed E-state index contributed by atoms with van der Waals surface area (Å²) in [6, 6.07) is 6.79. The van der Waals surface area contributed by atoms with Gasteiger partial charge in [0.05, 0.1) is 7.11 Å². The average Bonchev–Trinajstić information content (AvgIpc) is 2.93. The van der Waals surface area contributed by atoms with Gasteiger partial charge in [-0.1, -0.05) is 26.0 Å². The van der Waals surface area contributed by atoms with Crippen LogP contribution in [0.3, 0.4) is 0 Å². The van der Waals surface area contributed by atoms with E-state index in [4.69, 9.17) is 4.74 Å². The van der Waals surface area contributed by atoms with Crippen molar-refractivity contribution in [2.45, 2.75) is 32.7 Å². The van der Waals surface area contributed by atoms with Crippen LogP contribution in [0.1, 0.15) is 37.7 Å². The van der Waals surface area contributed by atoms with E-state index < -0.39 is 12.0 Å². The van der Waals surface area contributed by atoms with Crippen molar-refractivity contribution in [2.24, 2.45) is 5.92 Å². The van der Waals surface area contributed by atoms with Gasteiger partial charge in [-0.15, -0.1) is 5.10 Å². The van der Waals surface area contributed by atoms with Gasteiger partial charge in [-0.05, 0) is 40.5 Å². The van der Waals surface area contributed by atoms with E-state index in [1.54, 1.807) is 7.11 Å². The molecule has 0 fully saturated rings. The highest BCUT2D eigenvalue weighted by Gasteiger charge is 2.25. The monoisotopic (exact) mass is 304 g/mol. The zero-order valence-electron chi connectivity index (χ0n) is 12.9. The van der Waals surface area contributed by atoms with E-state index in [1.165, 1.54) is 4.68 Å². The molecular formula is C15H20N4O3. The molecule has 22 heavy (non-hydrogen) atoms. The number of hydrogen-bond acceptors (Lipinski definition) is 5. The Bertz CT molecular complexity index is 622. The third kappa shape index (κ3) is 3.81. The fourth-order valence-electron chi connectivity index (χ4n) is 2.25. The van der Waals surface area contributed by atoms with E-state index in [0.29, 0.717) is 18.7 Å². The lowest BCUT2D eigenvalue weighted by atomic mass is 10.0. The molecule has 0 amide bonds. The highest BCUT2D eigenvalue weighted by Crippen LogP contribution is 2.20. The number of carboxylic acids is 1. The third-order valence-corrected chi connectivity index (χ3v) is 3.36. The number of tetrazole rings is 1. The minimum Gasteiger partial charge on any atom is -0.497 e. The van der Waals surface area contributed by atoms with Gasteiger partial charge in [0.1, 0.15) is 5.75 Å². The summed E-state index contributed by atoms with van der Waals surface area (Å²) in [4.78, 5) is 11.5. The highest BCUT2D eigenvalue weighted by atomic mass is 16.5. The number of rotatable bonds is 7. The smallest absolute Gasteiger partial charge is 0.328 e. The fourth-order valence-corrected chi connectivity index (χ4v) is 2.25. The summed E-state index contributed by atoms with van der Waals surface area (Å²) in [5.41, 5.74) is 0.991. The predicted octanol–water partition coefficient (Wildman–Crippen LogP) is 1.94. The summed E-state index contributed by atoms with van der Waals surface area (Å²) in [6.45, 7) is 3.95. The van der Waals surface area contributed by atoms with E-state index in [2.05, 4.69) is 15.5 Å². The number of benzene rings is 1. The molecule has 2 aromatic rings. The van der Waals surface area contributed by atoms with Crippen LogP contribution in [0, 0.1) is 5.92 Å². The summed E-state index contributed by atoms with van der Waals surface area (Å²) in [5, 5.41) is 20.9. The number of aliphatic carboxylic acids is 1. The molecule has 0 radical (unpaired) electrons. The molecule has 0 spiro atoms. The number of aromatic nitrogens is 4. The van der Waals surface area contributed by atoms with Crippen LogP contribution < -0.4 is 4.74 Å². The van der Waals surface area contributed by atoms with Crippen LogP contribution in [-0.4, -0.2) is 38.4 Å². The zero-order chi connectivity index (χ0) is 16.1. The lowest BCUT2D eigenvalue weighted by molar-refractivity contribution is -0.141. The summed E-state index contributed by atoms with van der Waals surface area (Å²) in [5.74, 6) is 0.626. The summed E-state index contributed by atoms with van der Waals surface area (Å²) in [6.07, 6.45) is 0.953. The van der Waals surface area contributed by atoms with Crippen molar-refractivity contribution in [2.75, 3.05) is 7.11 Å². The topological polar surface area (TPSA) is 90.1 Å². The van der Waals surface area contributed by atoms with Crippen molar-refractivity contribution in [3.05, 3.63) is 35.7 Å². The van der Waals surface area contributed by atoms with E-state index in [1.807, 2.05) is 38.1 Å². The molecule has 2 rings (SSSR count). The summed E-state index contributed by atoms with van der Waals surface area (Å²) in [7, 11) is 1.61. The molecule has 1 aromatic heterocycles. The molecule has 1 N–H and O–H groups in total. The maximum absolute atomic E-state index is 11.5. The normalized spacial score (nSPS) is 12.4. The molecule has 0 aliphatic heterocycles. The number of hydrogen-bond donors (Lipinski definition) is 1. The molecule has 1 atom stereocenters. The van der Waals surface area contributed by atoms with Crippen molar-refractivity contribution in [1.82, 2.24) is 20.2 Å². The van der Waals surface area contributed by atoms with Crippen molar-refractivity contribution in [3.63, 3.8) is 0 Å². The Morgan fingerprint density at radius 1 is 1.32 bits per heavy atom. The van der Waals surface area contributed by atoms with Crippen LogP contribution >= 0.6 is 0 Å². The minimum absolute atomic E-state index is 0.235. The first-order chi connectivity index (χ1) is 10.5. The Morgan fingerprint density at radius 3 is 2.55 bits per heavy atom. The van der Waals surface area contributed by atoms with E-state index in [0.717, 1.165) is 11.3 Å². The van der Waals surface area contributed by atoms with E-state index in [-0.39, 0.29) is 5.92 Å². The molecule has 118 valence electrons. The molecule has 1 unspecified atom stereocenters. The standard InChI is InChI=1S/C15H20N4O3/c1-10(2)8-13(15(20)21)19-14(16-17-18-19)9-11-4-6-12(22-3)7-5-11/h4-7,10,13H,8-9H2,1-3H3,(H,20,21). The Morgan fingerprint density at radius 2 is 2.00 bits per heavy atom. The quantitative estimate of drug-likeness (QED) is 0.840. The molecule has 1 heterocycles. The number of carboxylic acid groups (broad SMARTS) is 1. The second kappa shape index (κ2) is 7.02. The van der Waals surface area contributed by atoms with Gasteiger partial charge in [0.15, 0.2) is 11.9 Å². The second-order valence-corrected chi connectivity index (χ2v) is 5.55. The fraction of sp³-hybridized carbons (Fsp3) is 0.467. The summed E-state index contributed by atoms with van der Waals surface area (Å²) < 4.78 is 6.53. The Labute approximate surface area is 128 Å². The number of methoxy groups -OCH3 is 1. The van der Waals surface area contributed by atoms with E-state index >= 15 is 0 Å². The van der Waals surface area contributed by atoms with Crippen molar-refractivity contribution >= 4 is 5.97 Å². The lowest BCUT2D eigenvalue weighted by Crippen LogP contribution is -2.24. The molecule has 0 saturated carbocycles. The Balaban J connectivity index is 2.21. The van der Waals surface area contributed by atoms with Crippen LogP contribution in [0.25, 0.3) is 0 Å². The van der Waals surface area contributed by atoms with Gasteiger partial charge in [-0.3, -0.25) is 0 Å². The molecule has 0 bridgehead atoms. The van der Waals surface area contributed by atoms with Crippen LogP contribution in [0.2, 0.25) is 0 Å². The van der Waals surface area contributed by atoms with Gasteiger partial charge < -0.3 is 9.84 Å².